The predicted molar refractivity (Wildman–Crippen MR) is 98.3 cm³/mol. The quantitative estimate of drug-likeness (QED) is 0.740. The molecule has 1 aliphatic heterocycles. The molecule has 0 spiro atoms. The van der Waals surface area contributed by atoms with Crippen molar-refractivity contribution in [2.75, 3.05) is 44.2 Å². The Hall–Kier alpha value is -1.73. The van der Waals surface area contributed by atoms with Crippen molar-refractivity contribution in [3.05, 3.63) is 18.5 Å². The third-order valence-electron chi connectivity index (χ3n) is 5.34. The lowest BCUT2D eigenvalue weighted by Gasteiger charge is -2.35. The Morgan fingerprint density at radius 3 is 2.48 bits per heavy atom. The van der Waals surface area contributed by atoms with Crippen LogP contribution in [0.1, 0.15) is 38.5 Å². The van der Waals surface area contributed by atoms with Crippen LogP contribution in [0.2, 0.25) is 0 Å². The SMILES string of the molecule is NC1(C(=O)NCCCN2CCN(c3ncccn3)CC2)CCCCC1. The fraction of sp³-hybridized carbons (Fsp3) is 0.722. The molecule has 7 nitrogen and oxygen atoms in total. The van der Waals surface area contributed by atoms with E-state index in [1.807, 2.05) is 6.07 Å². The number of amides is 1. The molecule has 0 radical (unpaired) electrons. The van der Waals surface area contributed by atoms with E-state index in [1.165, 1.54) is 6.42 Å². The molecule has 1 saturated heterocycles. The molecule has 2 aliphatic rings. The average Bonchev–Trinajstić information content (AvgIpc) is 2.67. The number of nitrogens with zero attached hydrogens (tertiary/aromatic N) is 4. The number of aromatic nitrogens is 2. The van der Waals surface area contributed by atoms with E-state index in [1.54, 1.807) is 12.4 Å². The molecule has 0 unspecified atom stereocenters. The van der Waals surface area contributed by atoms with Crippen LogP contribution in [0.4, 0.5) is 5.95 Å². The van der Waals surface area contributed by atoms with Crippen molar-refractivity contribution in [3.8, 4) is 0 Å². The Morgan fingerprint density at radius 1 is 1.12 bits per heavy atom. The van der Waals surface area contributed by atoms with Gasteiger partial charge in [0.1, 0.15) is 0 Å². The Bertz CT molecular complexity index is 538. The van der Waals surface area contributed by atoms with Crippen molar-refractivity contribution in [2.45, 2.75) is 44.1 Å². The molecule has 1 amide bonds. The summed E-state index contributed by atoms with van der Waals surface area (Å²) in [5, 5.41) is 3.05. The van der Waals surface area contributed by atoms with Gasteiger partial charge in [-0.1, -0.05) is 19.3 Å². The highest BCUT2D eigenvalue weighted by atomic mass is 16.2. The maximum absolute atomic E-state index is 12.3. The predicted octanol–water partition coefficient (Wildman–Crippen LogP) is 0.766. The van der Waals surface area contributed by atoms with Crippen LogP contribution < -0.4 is 16.0 Å². The maximum Gasteiger partial charge on any atom is 0.240 e. The van der Waals surface area contributed by atoms with Crippen LogP contribution in [-0.4, -0.2) is 65.6 Å². The minimum atomic E-state index is -0.625. The van der Waals surface area contributed by atoms with E-state index in [0.717, 1.165) is 70.8 Å². The van der Waals surface area contributed by atoms with Crippen LogP contribution in [-0.2, 0) is 4.79 Å². The second-order valence-corrected chi connectivity index (χ2v) is 7.20. The number of piperazine rings is 1. The van der Waals surface area contributed by atoms with Gasteiger partial charge >= 0.3 is 0 Å². The molecule has 3 N–H and O–H groups in total. The zero-order valence-corrected chi connectivity index (χ0v) is 15.0. The van der Waals surface area contributed by atoms with Crippen LogP contribution in [0.25, 0.3) is 0 Å². The first-order chi connectivity index (χ1) is 12.2. The second-order valence-electron chi connectivity index (χ2n) is 7.20. The monoisotopic (exact) mass is 346 g/mol. The van der Waals surface area contributed by atoms with Crippen LogP contribution in [0, 0.1) is 0 Å². The molecule has 25 heavy (non-hydrogen) atoms. The van der Waals surface area contributed by atoms with Crippen molar-refractivity contribution in [1.82, 2.24) is 20.2 Å². The summed E-state index contributed by atoms with van der Waals surface area (Å²) >= 11 is 0. The summed E-state index contributed by atoms with van der Waals surface area (Å²) in [6, 6.07) is 1.84. The maximum atomic E-state index is 12.3. The molecule has 0 bridgehead atoms. The minimum absolute atomic E-state index is 0.0400. The van der Waals surface area contributed by atoms with Crippen LogP contribution >= 0.6 is 0 Å². The third-order valence-corrected chi connectivity index (χ3v) is 5.34. The fourth-order valence-electron chi connectivity index (χ4n) is 3.72. The molecule has 2 heterocycles. The highest BCUT2D eigenvalue weighted by Crippen LogP contribution is 2.25. The summed E-state index contributed by atoms with van der Waals surface area (Å²) in [4.78, 5) is 25.6. The van der Waals surface area contributed by atoms with Crippen molar-refractivity contribution in [2.24, 2.45) is 5.73 Å². The van der Waals surface area contributed by atoms with Crippen LogP contribution in [0.5, 0.6) is 0 Å². The highest BCUT2D eigenvalue weighted by Gasteiger charge is 2.34. The van der Waals surface area contributed by atoms with Gasteiger partial charge in [0, 0.05) is 45.1 Å². The first-order valence-corrected chi connectivity index (χ1v) is 9.49. The van der Waals surface area contributed by atoms with Crippen molar-refractivity contribution in [1.29, 1.82) is 0 Å². The van der Waals surface area contributed by atoms with Crippen molar-refractivity contribution >= 4 is 11.9 Å². The zero-order chi connectivity index (χ0) is 17.5. The van der Waals surface area contributed by atoms with E-state index < -0.39 is 5.54 Å². The van der Waals surface area contributed by atoms with Crippen molar-refractivity contribution in [3.63, 3.8) is 0 Å². The molecule has 7 heteroatoms. The first kappa shape index (κ1) is 18.1. The van der Waals surface area contributed by atoms with Gasteiger partial charge in [-0.3, -0.25) is 9.69 Å². The second kappa shape index (κ2) is 8.58. The normalized spacial score (nSPS) is 21.1. The number of nitrogens with two attached hydrogens (primary N) is 1. The number of nitrogens with one attached hydrogen (secondary N) is 1. The van der Waals surface area contributed by atoms with E-state index in [4.69, 9.17) is 5.73 Å². The van der Waals surface area contributed by atoms with Crippen LogP contribution in [0.3, 0.4) is 0 Å². The van der Waals surface area contributed by atoms with Gasteiger partial charge in [-0.15, -0.1) is 0 Å². The third kappa shape index (κ3) is 4.89. The van der Waals surface area contributed by atoms with Gasteiger partial charge in [0.25, 0.3) is 0 Å². The fourth-order valence-corrected chi connectivity index (χ4v) is 3.72. The van der Waals surface area contributed by atoms with Gasteiger partial charge in [0.15, 0.2) is 0 Å². The van der Waals surface area contributed by atoms with E-state index >= 15 is 0 Å². The molecular weight excluding hydrogens is 316 g/mol. The smallest absolute Gasteiger partial charge is 0.240 e. The van der Waals surface area contributed by atoms with Gasteiger partial charge in [0.2, 0.25) is 11.9 Å². The number of anilines is 1. The summed E-state index contributed by atoms with van der Waals surface area (Å²) < 4.78 is 0. The van der Waals surface area contributed by atoms with Gasteiger partial charge in [-0.05, 0) is 31.9 Å². The Kier molecular flexibility index (Phi) is 6.20. The zero-order valence-electron chi connectivity index (χ0n) is 15.0. The molecule has 1 aliphatic carbocycles. The Balaban J connectivity index is 1.32. The molecule has 0 atom stereocenters. The lowest BCUT2D eigenvalue weighted by atomic mass is 9.82. The average molecular weight is 346 g/mol. The van der Waals surface area contributed by atoms with E-state index in [9.17, 15) is 4.79 Å². The highest BCUT2D eigenvalue weighted by molar-refractivity contribution is 5.86. The lowest BCUT2D eigenvalue weighted by Crippen LogP contribution is -2.55. The minimum Gasteiger partial charge on any atom is -0.354 e. The standard InChI is InChI=1S/C18H30N6O/c19-18(6-2-1-3-7-18)16(25)20-10-5-11-23-12-14-24(15-13-23)17-21-8-4-9-22-17/h4,8-9H,1-3,5-7,10-15,19H2,(H,20,25). The number of carbonyl (C=O) groups excluding carboxylic acids is 1. The number of rotatable bonds is 6. The Labute approximate surface area is 150 Å². The number of hydrogen-bond acceptors (Lipinski definition) is 6. The Morgan fingerprint density at radius 2 is 1.80 bits per heavy atom. The summed E-state index contributed by atoms with van der Waals surface area (Å²) in [6.07, 6.45) is 9.51. The summed E-state index contributed by atoms with van der Waals surface area (Å²) in [7, 11) is 0. The first-order valence-electron chi connectivity index (χ1n) is 9.49. The molecule has 138 valence electrons. The summed E-state index contributed by atoms with van der Waals surface area (Å²) in [5.41, 5.74) is 5.63. The molecule has 1 aromatic rings. The topological polar surface area (TPSA) is 87.4 Å². The number of hydrogen-bond donors (Lipinski definition) is 2. The van der Waals surface area contributed by atoms with Gasteiger partial charge < -0.3 is 16.0 Å². The van der Waals surface area contributed by atoms with Gasteiger partial charge in [0.05, 0.1) is 5.54 Å². The molecule has 0 aromatic carbocycles. The molecule has 2 fully saturated rings. The number of carbonyl (C=O) groups is 1. The largest absolute Gasteiger partial charge is 0.354 e. The van der Waals surface area contributed by atoms with Crippen LogP contribution in [0.15, 0.2) is 18.5 Å². The summed E-state index contributed by atoms with van der Waals surface area (Å²) in [5.74, 6) is 0.855. The van der Waals surface area contributed by atoms with E-state index in [0.29, 0.717) is 6.54 Å². The van der Waals surface area contributed by atoms with E-state index in [-0.39, 0.29) is 5.91 Å². The van der Waals surface area contributed by atoms with Gasteiger partial charge in [-0.25, -0.2) is 9.97 Å². The van der Waals surface area contributed by atoms with Gasteiger partial charge in [-0.2, -0.15) is 0 Å². The molecule has 1 aromatic heterocycles. The van der Waals surface area contributed by atoms with E-state index in [2.05, 4.69) is 25.1 Å². The lowest BCUT2D eigenvalue weighted by molar-refractivity contribution is -0.127. The molecule has 3 rings (SSSR count). The molecular formula is C18H30N6O. The summed E-state index contributed by atoms with van der Waals surface area (Å²) in [6.45, 7) is 5.62. The molecule has 1 saturated carbocycles. The van der Waals surface area contributed by atoms with Crippen molar-refractivity contribution < 1.29 is 4.79 Å².